The van der Waals surface area contributed by atoms with E-state index in [9.17, 15) is 9.59 Å². The molecule has 0 heterocycles. The number of carbonyl (C=O) groups is 2. The van der Waals surface area contributed by atoms with Crippen LogP contribution in [0.15, 0.2) is 0 Å². The van der Waals surface area contributed by atoms with Gasteiger partial charge < -0.3 is 15.7 Å². The van der Waals surface area contributed by atoms with Gasteiger partial charge in [-0.25, -0.2) is 9.59 Å². The van der Waals surface area contributed by atoms with Gasteiger partial charge in [-0.1, -0.05) is 6.42 Å². The molecule has 0 radical (unpaired) electrons. The van der Waals surface area contributed by atoms with Gasteiger partial charge in [0.2, 0.25) is 0 Å². The number of carbonyl (C=O) groups excluding carboxylic acids is 1. The molecule has 3 N–H and O–H groups in total. The molecule has 18 heavy (non-hydrogen) atoms. The van der Waals surface area contributed by atoms with Crippen LogP contribution in [0.5, 0.6) is 0 Å². The summed E-state index contributed by atoms with van der Waals surface area (Å²) in [6.45, 7) is 0. The number of hydrogen-bond acceptors (Lipinski definition) is 2. The van der Waals surface area contributed by atoms with Gasteiger partial charge in [-0.15, -0.1) is 12.3 Å². The monoisotopic (exact) mass is 250 g/mol. The molecule has 0 aliphatic heterocycles. The molecule has 5 nitrogen and oxygen atoms in total. The second kappa shape index (κ2) is 5.30. The summed E-state index contributed by atoms with van der Waals surface area (Å²) in [6, 6.07) is -1.23. The molecule has 0 spiro atoms. The number of carboxylic acids is 1. The van der Waals surface area contributed by atoms with E-state index in [1.807, 2.05) is 0 Å². The molecule has 2 saturated carbocycles. The fourth-order valence-corrected chi connectivity index (χ4v) is 3.11. The molecule has 2 aliphatic carbocycles. The van der Waals surface area contributed by atoms with Crippen LogP contribution in [-0.4, -0.2) is 29.2 Å². The first kappa shape index (κ1) is 12.7. The van der Waals surface area contributed by atoms with E-state index < -0.39 is 18.0 Å². The van der Waals surface area contributed by atoms with Gasteiger partial charge in [0, 0.05) is 12.5 Å². The molecule has 98 valence electrons. The number of fused-ring (bicyclic) bond motifs is 2. The van der Waals surface area contributed by atoms with Crippen molar-refractivity contribution in [2.24, 2.45) is 11.8 Å². The van der Waals surface area contributed by atoms with E-state index >= 15 is 0 Å². The van der Waals surface area contributed by atoms with Gasteiger partial charge in [0.15, 0.2) is 0 Å². The van der Waals surface area contributed by atoms with Crippen molar-refractivity contribution in [3.8, 4) is 12.3 Å². The second-order valence-electron chi connectivity index (χ2n) is 5.20. The summed E-state index contributed by atoms with van der Waals surface area (Å²) < 4.78 is 0. The lowest BCUT2D eigenvalue weighted by Crippen LogP contribution is -2.50. The minimum Gasteiger partial charge on any atom is -0.480 e. The summed E-state index contributed by atoms with van der Waals surface area (Å²) in [6.07, 6.45) is 9.71. The molecule has 2 aliphatic rings. The van der Waals surface area contributed by atoms with Gasteiger partial charge in [-0.2, -0.15) is 0 Å². The maximum absolute atomic E-state index is 11.7. The van der Waals surface area contributed by atoms with Gasteiger partial charge in [-0.05, 0) is 31.1 Å². The Morgan fingerprint density at radius 1 is 1.39 bits per heavy atom. The zero-order valence-electron chi connectivity index (χ0n) is 10.2. The number of amides is 2. The Morgan fingerprint density at radius 3 is 2.67 bits per heavy atom. The van der Waals surface area contributed by atoms with Crippen molar-refractivity contribution in [1.82, 2.24) is 10.6 Å². The molecule has 4 unspecified atom stereocenters. The highest BCUT2D eigenvalue weighted by Crippen LogP contribution is 2.44. The molecule has 0 saturated heterocycles. The number of terminal acetylenes is 1. The first-order valence-corrected chi connectivity index (χ1v) is 6.33. The van der Waals surface area contributed by atoms with E-state index in [1.54, 1.807) is 0 Å². The summed E-state index contributed by atoms with van der Waals surface area (Å²) in [4.78, 5) is 22.6. The third kappa shape index (κ3) is 2.76. The SMILES string of the molecule is C#CCC(NC(=O)NC1CC2CCC1C2)C(=O)O. The van der Waals surface area contributed by atoms with Crippen molar-refractivity contribution in [1.29, 1.82) is 0 Å². The average Bonchev–Trinajstić information content (AvgIpc) is 2.90. The molecule has 4 atom stereocenters. The number of aliphatic carboxylic acids is 1. The Bertz CT molecular complexity index is 388. The van der Waals surface area contributed by atoms with E-state index in [0.717, 1.165) is 12.3 Å². The van der Waals surface area contributed by atoms with E-state index in [0.29, 0.717) is 5.92 Å². The van der Waals surface area contributed by atoms with Gasteiger partial charge in [0.25, 0.3) is 0 Å². The largest absolute Gasteiger partial charge is 0.480 e. The van der Waals surface area contributed by atoms with Crippen LogP contribution < -0.4 is 10.6 Å². The first-order chi connectivity index (χ1) is 8.60. The fraction of sp³-hybridized carbons (Fsp3) is 0.692. The maximum atomic E-state index is 11.7. The third-order valence-electron chi connectivity index (χ3n) is 3.98. The molecule has 0 aromatic carbocycles. The molecule has 0 aromatic rings. The van der Waals surface area contributed by atoms with Crippen molar-refractivity contribution < 1.29 is 14.7 Å². The highest BCUT2D eigenvalue weighted by molar-refractivity contribution is 5.82. The van der Waals surface area contributed by atoms with Crippen molar-refractivity contribution >= 4 is 12.0 Å². The third-order valence-corrected chi connectivity index (χ3v) is 3.98. The van der Waals surface area contributed by atoms with Crippen LogP contribution in [0.4, 0.5) is 4.79 Å². The molecular weight excluding hydrogens is 232 g/mol. The molecule has 5 heteroatoms. The lowest BCUT2D eigenvalue weighted by atomic mass is 9.95. The summed E-state index contributed by atoms with van der Waals surface area (Å²) in [5.41, 5.74) is 0. The Hall–Kier alpha value is -1.70. The van der Waals surface area contributed by atoms with Crippen LogP contribution in [0.25, 0.3) is 0 Å². The predicted molar refractivity (Wildman–Crippen MR) is 65.8 cm³/mol. The zero-order valence-corrected chi connectivity index (χ0v) is 10.2. The Balaban J connectivity index is 1.81. The van der Waals surface area contributed by atoms with Crippen molar-refractivity contribution in [2.45, 2.75) is 44.2 Å². The minimum atomic E-state index is -1.10. The lowest BCUT2D eigenvalue weighted by molar-refractivity contribution is -0.139. The Morgan fingerprint density at radius 2 is 2.17 bits per heavy atom. The Labute approximate surface area is 106 Å². The van der Waals surface area contributed by atoms with E-state index in [-0.39, 0.29) is 12.5 Å². The zero-order chi connectivity index (χ0) is 13.1. The summed E-state index contributed by atoms with van der Waals surface area (Å²) in [5, 5.41) is 14.2. The summed E-state index contributed by atoms with van der Waals surface area (Å²) in [5.74, 6) is 2.45. The van der Waals surface area contributed by atoms with Crippen molar-refractivity contribution in [2.75, 3.05) is 0 Å². The van der Waals surface area contributed by atoms with Gasteiger partial charge in [0.1, 0.15) is 6.04 Å². The number of rotatable bonds is 4. The quantitative estimate of drug-likeness (QED) is 0.650. The molecule has 2 fully saturated rings. The predicted octanol–water partition coefficient (Wildman–Crippen LogP) is 0.951. The summed E-state index contributed by atoms with van der Waals surface area (Å²) in [7, 11) is 0. The topological polar surface area (TPSA) is 78.4 Å². The van der Waals surface area contributed by atoms with E-state index in [4.69, 9.17) is 11.5 Å². The average molecular weight is 250 g/mol. The maximum Gasteiger partial charge on any atom is 0.327 e. The van der Waals surface area contributed by atoms with Crippen LogP contribution in [0.3, 0.4) is 0 Å². The number of urea groups is 1. The lowest BCUT2D eigenvalue weighted by Gasteiger charge is -2.23. The van der Waals surface area contributed by atoms with Gasteiger partial charge in [-0.3, -0.25) is 0 Å². The number of hydrogen-bond donors (Lipinski definition) is 3. The van der Waals surface area contributed by atoms with Crippen molar-refractivity contribution in [3.05, 3.63) is 0 Å². The molecule has 0 aromatic heterocycles. The van der Waals surface area contributed by atoms with E-state index in [2.05, 4.69) is 16.6 Å². The molecule has 2 amide bonds. The van der Waals surface area contributed by atoms with Crippen LogP contribution in [0.2, 0.25) is 0 Å². The first-order valence-electron chi connectivity index (χ1n) is 6.33. The number of carboxylic acid groups (broad SMARTS) is 1. The van der Waals surface area contributed by atoms with Crippen LogP contribution in [-0.2, 0) is 4.79 Å². The smallest absolute Gasteiger partial charge is 0.327 e. The van der Waals surface area contributed by atoms with Crippen LogP contribution >= 0.6 is 0 Å². The minimum absolute atomic E-state index is 0.000522. The normalized spacial score (nSPS) is 30.5. The summed E-state index contributed by atoms with van der Waals surface area (Å²) >= 11 is 0. The van der Waals surface area contributed by atoms with Crippen LogP contribution in [0.1, 0.15) is 32.1 Å². The molecule has 2 bridgehead atoms. The molecule has 2 rings (SSSR count). The van der Waals surface area contributed by atoms with Crippen LogP contribution in [0, 0.1) is 24.2 Å². The number of nitrogens with one attached hydrogen (secondary N) is 2. The van der Waals surface area contributed by atoms with Gasteiger partial charge >= 0.3 is 12.0 Å². The fourth-order valence-electron chi connectivity index (χ4n) is 3.11. The molecular formula is C13H18N2O3. The van der Waals surface area contributed by atoms with Crippen molar-refractivity contribution in [3.63, 3.8) is 0 Å². The Kier molecular flexibility index (Phi) is 3.75. The highest BCUT2D eigenvalue weighted by atomic mass is 16.4. The van der Waals surface area contributed by atoms with E-state index in [1.165, 1.54) is 19.3 Å². The standard InChI is InChI=1S/C13H18N2O3/c1-2-3-10(12(16)17)14-13(18)15-11-7-8-4-5-9(11)6-8/h1,8-11H,3-7H2,(H,16,17)(H2,14,15,18). The van der Waals surface area contributed by atoms with Gasteiger partial charge in [0.05, 0.1) is 0 Å². The second-order valence-corrected chi connectivity index (χ2v) is 5.20. The highest BCUT2D eigenvalue weighted by Gasteiger charge is 2.40.